The zero-order valence-corrected chi connectivity index (χ0v) is 21.0. The SMILES string of the molecule is CC1(C)CN(c2cc(C#N)cc(Nc3nc(NC4CC4)c4ncc(C#N)n4n3)c2Cl)CCC1NC(=O)O. The molecule has 1 saturated heterocycles. The van der Waals surface area contributed by atoms with Crippen LogP contribution in [0.5, 0.6) is 0 Å². The molecule has 1 aliphatic carbocycles. The summed E-state index contributed by atoms with van der Waals surface area (Å²) in [6, 6.07) is 7.69. The van der Waals surface area contributed by atoms with Crippen molar-refractivity contribution in [2.24, 2.45) is 5.41 Å². The molecule has 0 spiro atoms. The van der Waals surface area contributed by atoms with Gasteiger partial charge in [-0.05, 0) is 31.4 Å². The fraction of sp³-hybridized carbons (Fsp3) is 0.417. The number of carbonyl (C=O) groups is 1. The molecule has 2 aliphatic rings. The first kappa shape index (κ1) is 24.4. The molecule has 13 heteroatoms. The second-order valence-corrected chi connectivity index (χ2v) is 10.4. The van der Waals surface area contributed by atoms with E-state index in [0.29, 0.717) is 59.0 Å². The van der Waals surface area contributed by atoms with Crippen molar-refractivity contribution in [2.45, 2.75) is 45.2 Å². The molecule has 190 valence electrons. The molecule has 2 aromatic heterocycles. The highest BCUT2D eigenvalue weighted by Gasteiger charge is 2.37. The lowest BCUT2D eigenvalue weighted by Crippen LogP contribution is -2.55. The van der Waals surface area contributed by atoms with Crippen molar-refractivity contribution in [3.05, 3.63) is 34.6 Å². The molecule has 0 bridgehead atoms. The first-order valence-electron chi connectivity index (χ1n) is 11.9. The summed E-state index contributed by atoms with van der Waals surface area (Å²) < 4.78 is 1.42. The van der Waals surface area contributed by atoms with Crippen LogP contribution in [-0.4, -0.2) is 56.0 Å². The minimum absolute atomic E-state index is 0.192. The number of benzene rings is 1. The summed E-state index contributed by atoms with van der Waals surface area (Å²) in [6.07, 6.45) is 3.03. The zero-order valence-electron chi connectivity index (χ0n) is 20.3. The number of imidazole rings is 1. The molecule has 0 radical (unpaired) electrons. The van der Waals surface area contributed by atoms with Gasteiger partial charge in [0.2, 0.25) is 5.95 Å². The number of nitrogens with zero attached hydrogens (tertiary/aromatic N) is 7. The largest absolute Gasteiger partial charge is 0.465 e. The monoisotopic (exact) mass is 520 g/mol. The number of carboxylic acid groups (broad SMARTS) is 1. The maximum Gasteiger partial charge on any atom is 0.404 e. The Morgan fingerprint density at radius 3 is 2.68 bits per heavy atom. The smallest absolute Gasteiger partial charge is 0.404 e. The molecule has 1 aromatic carbocycles. The quantitative estimate of drug-likeness (QED) is 0.376. The van der Waals surface area contributed by atoms with Gasteiger partial charge >= 0.3 is 6.09 Å². The Kier molecular flexibility index (Phi) is 6.13. The molecule has 5 rings (SSSR count). The molecular formula is C24H25ClN10O2. The van der Waals surface area contributed by atoms with Crippen LogP contribution in [0.3, 0.4) is 0 Å². The molecule has 2 fully saturated rings. The summed E-state index contributed by atoms with van der Waals surface area (Å²) in [5.41, 5.74) is 1.83. The first-order chi connectivity index (χ1) is 17.7. The number of fused-ring (bicyclic) bond motifs is 1. The Balaban J connectivity index is 1.49. The van der Waals surface area contributed by atoms with Crippen molar-refractivity contribution < 1.29 is 9.90 Å². The van der Waals surface area contributed by atoms with Crippen molar-refractivity contribution in [2.75, 3.05) is 28.6 Å². The number of nitrogens with one attached hydrogen (secondary N) is 3. The van der Waals surface area contributed by atoms with Crippen molar-refractivity contribution in [1.82, 2.24) is 24.9 Å². The molecule has 1 saturated carbocycles. The summed E-state index contributed by atoms with van der Waals surface area (Å²) >= 11 is 6.86. The summed E-state index contributed by atoms with van der Waals surface area (Å²) in [4.78, 5) is 22.1. The Labute approximate surface area is 217 Å². The van der Waals surface area contributed by atoms with E-state index < -0.39 is 6.09 Å². The van der Waals surface area contributed by atoms with Crippen LogP contribution in [0.25, 0.3) is 5.65 Å². The fourth-order valence-corrected chi connectivity index (χ4v) is 4.90. The lowest BCUT2D eigenvalue weighted by Gasteiger charge is -2.45. The molecule has 4 N–H and O–H groups in total. The number of anilines is 4. The van der Waals surface area contributed by atoms with E-state index in [9.17, 15) is 20.4 Å². The average molecular weight is 521 g/mol. The summed E-state index contributed by atoms with van der Waals surface area (Å²) in [5, 5.41) is 42.3. The summed E-state index contributed by atoms with van der Waals surface area (Å²) in [5.74, 6) is 0.696. The molecule has 1 amide bonds. The van der Waals surface area contributed by atoms with Gasteiger partial charge in [0.15, 0.2) is 17.2 Å². The van der Waals surface area contributed by atoms with Gasteiger partial charge in [-0.15, -0.1) is 5.10 Å². The Bertz CT molecular complexity index is 1470. The maximum atomic E-state index is 11.2. The molecular weight excluding hydrogens is 496 g/mol. The van der Waals surface area contributed by atoms with Crippen LogP contribution in [-0.2, 0) is 0 Å². The maximum absolute atomic E-state index is 11.2. The van der Waals surface area contributed by atoms with Crippen LogP contribution in [0.2, 0.25) is 5.02 Å². The van der Waals surface area contributed by atoms with Gasteiger partial charge < -0.3 is 26.0 Å². The lowest BCUT2D eigenvalue weighted by atomic mass is 9.79. The van der Waals surface area contributed by atoms with Crippen LogP contribution in [0, 0.1) is 28.1 Å². The predicted molar refractivity (Wildman–Crippen MR) is 137 cm³/mol. The van der Waals surface area contributed by atoms with Crippen molar-refractivity contribution >= 4 is 46.5 Å². The minimum atomic E-state index is -1.05. The Morgan fingerprint density at radius 2 is 2.03 bits per heavy atom. The highest BCUT2D eigenvalue weighted by Crippen LogP contribution is 2.40. The van der Waals surface area contributed by atoms with E-state index in [-0.39, 0.29) is 23.1 Å². The van der Waals surface area contributed by atoms with Crippen LogP contribution in [0.4, 0.5) is 27.9 Å². The van der Waals surface area contributed by atoms with E-state index in [2.05, 4.69) is 48.1 Å². The van der Waals surface area contributed by atoms with Gasteiger partial charge in [-0.1, -0.05) is 25.4 Å². The molecule has 1 unspecified atom stereocenters. The van der Waals surface area contributed by atoms with Gasteiger partial charge in [0, 0.05) is 30.6 Å². The Morgan fingerprint density at radius 1 is 1.24 bits per heavy atom. The number of hydrogen-bond donors (Lipinski definition) is 4. The number of halogens is 1. The van der Waals surface area contributed by atoms with Gasteiger partial charge in [-0.25, -0.2) is 9.78 Å². The van der Waals surface area contributed by atoms with E-state index in [1.165, 1.54) is 10.7 Å². The van der Waals surface area contributed by atoms with E-state index >= 15 is 0 Å². The van der Waals surface area contributed by atoms with Gasteiger partial charge in [0.25, 0.3) is 0 Å². The topological polar surface area (TPSA) is 167 Å². The minimum Gasteiger partial charge on any atom is -0.465 e. The molecule has 1 atom stereocenters. The van der Waals surface area contributed by atoms with Gasteiger partial charge in [-0.2, -0.15) is 20.0 Å². The summed E-state index contributed by atoms with van der Waals surface area (Å²) in [6.45, 7) is 5.08. The third kappa shape index (κ3) is 4.88. The first-order valence-corrected chi connectivity index (χ1v) is 12.2. The summed E-state index contributed by atoms with van der Waals surface area (Å²) in [7, 11) is 0. The number of piperidine rings is 1. The van der Waals surface area contributed by atoms with Crippen molar-refractivity contribution in [1.29, 1.82) is 10.5 Å². The lowest BCUT2D eigenvalue weighted by molar-refractivity contribution is 0.160. The van der Waals surface area contributed by atoms with E-state index in [0.717, 1.165) is 12.8 Å². The number of hydrogen-bond acceptors (Lipinski definition) is 9. The third-order valence-electron chi connectivity index (χ3n) is 6.69. The van der Waals surface area contributed by atoms with Crippen LogP contribution < -0.4 is 20.9 Å². The van der Waals surface area contributed by atoms with Gasteiger partial charge in [0.05, 0.1) is 34.2 Å². The molecule has 3 heterocycles. The highest BCUT2D eigenvalue weighted by molar-refractivity contribution is 6.36. The highest BCUT2D eigenvalue weighted by atomic mass is 35.5. The van der Waals surface area contributed by atoms with Crippen molar-refractivity contribution in [3.63, 3.8) is 0 Å². The standard InChI is InChI=1S/C24H25ClN10O2/c1-24(2)12-34(6-5-18(24)31-23(36)37)17-8-13(9-26)7-16(19(17)25)30-22-32-20(29-14-3-4-14)21-28-11-15(10-27)35(21)33-22/h7-8,11,14,18,31H,3-6,12H2,1-2H3,(H,36,37)(H2,29,30,32,33). The number of amides is 1. The molecule has 3 aromatic rings. The third-order valence-corrected chi connectivity index (χ3v) is 7.09. The van der Waals surface area contributed by atoms with Crippen molar-refractivity contribution in [3.8, 4) is 12.1 Å². The molecule has 12 nitrogen and oxygen atoms in total. The fourth-order valence-electron chi connectivity index (χ4n) is 4.62. The average Bonchev–Trinajstić information content (AvgIpc) is 3.57. The number of aromatic nitrogens is 4. The van der Waals surface area contributed by atoms with Gasteiger partial charge in [0.1, 0.15) is 6.07 Å². The normalized spacial score (nSPS) is 18.6. The number of rotatable bonds is 6. The van der Waals surface area contributed by atoms with E-state index in [1.54, 1.807) is 12.1 Å². The van der Waals surface area contributed by atoms with Crippen LogP contribution in [0.1, 0.15) is 44.4 Å². The zero-order chi connectivity index (χ0) is 26.3. The second-order valence-electron chi connectivity index (χ2n) is 9.99. The van der Waals surface area contributed by atoms with E-state index in [4.69, 9.17) is 11.6 Å². The second kappa shape index (κ2) is 9.30. The number of nitriles is 2. The molecule has 1 aliphatic heterocycles. The van der Waals surface area contributed by atoms with Crippen LogP contribution in [0.15, 0.2) is 18.3 Å². The predicted octanol–water partition coefficient (Wildman–Crippen LogP) is 3.71. The van der Waals surface area contributed by atoms with Gasteiger partial charge in [-0.3, -0.25) is 0 Å². The van der Waals surface area contributed by atoms with E-state index in [1.807, 2.05) is 13.8 Å². The molecule has 37 heavy (non-hydrogen) atoms. The van der Waals surface area contributed by atoms with Crippen LogP contribution >= 0.6 is 11.6 Å². The Hall–Kier alpha value is -4.29.